The average molecular weight is 335 g/mol. The van der Waals surface area contributed by atoms with Gasteiger partial charge in [-0.05, 0) is 30.4 Å². The van der Waals surface area contributed by atoms with Crippen molar-refractivity contribution in [3.8, 4) is 12.1 Å². The lowest BCUT2D eigenvalue weighted by Crippen LogP contribution is -2.27. The van der Waals surface area contributed by atoms with Gasteiger partial charge in [0.25, 0.3) is 0 Å². The third kappa shape index (κ3) is 3.41. The molecule has 0 saturated carbocycles. The van der Waals surface area contributed by atoms with Crippen molar-refractivity contribution in [1.29, 1.82) is 10.5 Å². The Hall–Kier alpha value is -3.84. The first-order chi connectivity index (χ1) is 12.1. The number of nitrogens with zero attached hydrogens (tertiary/aromatic N) is 3. The molecule has 124 valence electrons. The van der Waals surface area contributed by atoms with Crippen molar-refractivity contribution in [2.45, 2.75) is 0 Å². The second kappa shape index (κ2) is 7.62. The van der Waals surface area contributed by atoms with E-state index in [1.165, 1.54) is 37.3 Å². The summed E-state index contributed by atoms with van der Waals surface area (Å²) in [5.74, 6) is -1.46. The summed E-state index contributed by atoms with van der Waals surface area (Å²) < 4.78 is 9.52. The van der Waals surface area contributed by atoms with Gasteiger partial charge >= 0.3 is 11.9 Å². The molecule has 0 N–H and O–H groups in total. The van der Waals surface area contributed by atoms with Gasteiger partial charge in [-0.2, -0.15) is 10.5 Å². The molecular weight excluding hydrogens is 322 g/mol. The highest BCUT2D eigenvalue weighted by Gasteiger charge is 2.27. The van der Waals surface area contributed by atoms with E-state index < -0.39 is 11.9 Å². The summed E-state index contributed by atoms with van der Waals surface area (Å²) in [6, 6.07) is 8.33. The lowest BCUT2D eigenvalue weighted by atomic mass is 10.1. The number of rotatable bonds is 3. The van der Waals surface area contributed by atoms with Crippen molar-refractivity contribution < 1.29 is 19.1 Å². The van der Waals surface area contributed by atoms with E-state index in [2.05, 4.69) is 0 Å². The molecular formula is C18H13N3O4. The summed E-state index contributed by atoms with van der Waals surface area (Å²) in [7, 11) is 2.40. The van der Waals surface area contributed by atoms with E-state index in [9.17, 15) is 14.9 Å². The molecule has 0 atom stereocenters. The Kier molecular flexibility index (Phi) is 5.34. The largest absolute Gasteiger partial charge is 0.465 e. The lowest BCUT2D eigenvalue weighted by molar-refractivity contribution is -0.139. The number of nitriles is 2. The molecule has 1 aliphatic rings. The summed E-state index contributed by atoms with van der Waals surface area (Å²) in [4.78, 5) is 25.8. The summed E-state index contributed by atoms with van der Waals surface area (Å²) in [5.41, 5.74) is 0.710. The van der Waals surface area contributed by atoms with Gasteiger partial charge in [-0.25, -0.2) is 9.59 Å². The Labute approximate surface area is 144 Å². The number of ether oxygens (including phenoxy) is 2. The van der Waals surface area contributed by atoms with Crippen molar-refractivity contribution in [3.05, 3.63) is 65.0 Å². The molecule has 0 unspecified atom stereocenters. The molecule has 1 aromatic carbocycles. The van der Waals surface area contributed by atoms with Gasteiger partial charge in [0.15, 0.2) is 0 Å². The van der Waals surface area contributed by atoms with Crippen LogP contribution in [0.4, 0.5) is 5.69 Å². The van der Waals surface area contributed by atoms with Crippen LogP contribution in [0.25, 0.3) is 0 Å². The SMILES string of the molecule is COC(=O)C1=C(C(=O)OC)N(c2ccc(C#N)c(C#N)c2)C=CC=C1. The minimum atomic E-state index is -0.750. The zero-order valence-electron chi connectivity index (χ0n) is 13.5. The van der Waals surface area contributed by atoms with Crippen LogP contribution in [0.1, 0.15) is 11.1 Å². The Morgan fingerprint density at radius 3 is 2.28 bits per heavy atom. The van der Waals surface area contributed by atoms with Gasteiger partial charge in [0, 0.05) is 11.9 Å². The first-order valence-corrected chi connectivity index (χ1v) is 7.06. The molecule has 7 heteroatoms. The molecule has 0 aliphatic carbocycles. The van der Waals surface area contributed by atoms with Crippen LogP contribution in [0, 0.1) is 22.7 Å². The quantitative estimate of drug-likeness (QED) is 0.777. The number of allylic oxidation sites excluding steroid dienone is 2. The fourth-order valence-corrected chi connectivity index (χ4v) is 2.24. The maximum Gasteiger partial charge on any atom is 0.355 e. The maximum absolute atomic E-state index is 12.3. The molecule has 0 bridgehead atoms. The summed E-state index contributed by atoms with van der Waals surface area (Å²) in [6.07, 6.45) is 6.16. The van der Waals surface area contributed by atoms with Crippen LogP contribution >= 0.6 is 0 Å². The number of hydrogen-bond acceptors (Lipinski definition) is 7. The zero-order chi connectivity index (χ0) is 18.4. The molecule has 0 aromatic heterocycles. The van der Waals surface area contributed by atoms with Crippen LogP contribution in [0.15, 0.2) is 53.9 Å². The summed E-state index contributed by atoms with van der Waals surface area (Å²) >= 11 is 0. The lowest BCUT2D eigenvalue weighted by Gasteiger charge is -2.23. The van der Waals surface area contributed by atoms with E-state index in [-0.39, 0.29) is 22.4 Å². The topological polar surface area (TPSA) is 103 Å². The van der Waals surface area contributed by atoms with E-state index >= 15 is 0 Å². The van der Waals surface area contributed by atoms with Crippen molar-refractivity contribution in [2.75, 3.05) is 19.1 Å². The smallest absolute Gasteiger partial charge is 0.355 e. The fourth-order valence-electron chi connectivity index (χ4n) is 2.24. The van der Waals surface area contributed by atoms with Crippen LogP contribution in [0.3, 0.4) is 0 Å². The Bertz CT molecular complexity index is 898. The number of anilines is 1. The molecule has 0 spiro atoms. The van der Waals surface area contributed by atoms with Gasteiger partial charge in [-0.15, -0.1) is 0 Å². The van der Waals surface area contributed by atoms with Crippen LogP contribution in [-0.2, 0) is 19.1 Å². The van der Waals surface area contributed by atoms with E-state index in [1.54, 1.807) is 24.4 Å². The zero-order valence-corrected chi connectivity index (χ0v) is 13.5. The fraction of sp³-hybridized carbons (Fsp3) is 0.111. The van der Waals surface area contributed by atoms with Crippen LogP contribution in [0.5, 0.6) is 0 Å². The number of esters is 2. The second-order valence-electron chi connectivity index (χ2n) is 4.77. The summed E-state index contributed by atoms with van der Waals surface area (Å²) in [6.45, 7) is 0. The van der Waals surface area contributed by atoms with Gasteiger partial charge in [0.2, 0.25) is 0 Å². The molecule has 25 heavy (non-hydrogen) atoms. The molecule has 1 aliphatic heterocycles. The number of hydrogen-bond donors (Lipinski definition) is 0. The normalized spacial score (nSPS) is 12.9. The summed E-state index contributed by atoms with van der Waals surface area (Å²) in [5, 5.41) is 18.2. The molecule has 1 heterocycles. The Balaban J connectivity index is 2.70. The number of carbonyl (C=O) groups is 2. The van der Waals surface area contributed by atoms with Crippen molar-refractivity contribution >= 4 is 17.6 Å². The van der Waals surface area contributed by atoms with E-state index in [0.29, 0.717) is 5.69 Å². The van der Waals surface area contributed by atoms with E-state index in [0.717, 1.165) is 0 Å². The predicted octanol–water partition coefficient (Wildman–Crippen LogP) is 1.92. The molecule has 0 saturated heterocycles. The maximum atomic E-state index is 12.3. The highest BCUT2D eigenvalue weighted by molar-refractivity contribution is 6.05. The van der Waals surface area contributed by atoms with Gasteiger partial charge in [0.1, 0.15) is 17.8 Å². The van der Waals surface area contributed by atoms with Crippen molar-refractivity contribution in [3.63, 3.8) is 0 Å². The second-order valence-corrected chi connectivity index (χ2v) is 4.77. The predicted molar refractivity (Wildman–Crippen MR) is 87.7 cm³/mol. The number of benzene rings is 1. The minimum Gasteiger partial charge on any atom is -0.465 e. The number of carbonyl (C=O) groups excluding carboxylic acids is 2. The van der Waals surface area contributed by atoms with Gasteiger partial charge in [0.05, 0.1) is 30.9 Å². The Morgan fingerprint density at radius 1 is 1.00 bits per heavy atom. The Morgan fingerprint density at radius 2 is 1.68 bits per heavy atom. The first-order valence-electron chi connectivity index (χ1n) is 7.06. The van der Waals surface area contributed by atoms with Crippen molar-refractivity contribution in [1.82, 2.24) is 0 Å². The first kappa shape index (κ1) is 17.5. The van der Waals surface area contributed by atoms with Gasteiger partial charge in [-0.1, -0.05) is 6.08 Å². The molecule has 1 aromatic rings. The van der Waals surface area contributed by atoms with Crippen molar-refractivity contribution in [2.24, 2.45) is 0 Å². The van der Waals surface area contributed by atoms with Gasteiger partial charge in [-0.3, -0.25) is 0 Å². The highest BCUT2D eigenvalue weighted by Crippen LogP contribution is 2.27. The number of methoxy groups -OCH3 is 2. The molecule has 7 nitrogen and oxygen atoms in total. The van der Waals surface area contributed by atoms with Crippen LogP contribution in [-0.4, -0.2) is 26.2 Å². The average Bonchev–Trinajstić information content (AvgIpc) is 2.88. The minimum absolute atomic E-state index is 0.00205. The molecule has 0 fully saturated rings. The molecule has 0 amide bonds. The van der Waals surface area contributed by atoms with Gasteiger partial charge < -0.3 is 14.4 Å². The van der Waals surface area contributed by atoms with E-state index in [1.807, 2.05) is 12.1 Å². The molecule has 0 radical (unpaired) electrons. The molecule has 2 rings (SSSR count). The van der Waals surface area contributed by atoms with Crippen LogP contribution < -0.4 is 4.90 Å². The van der Waals surface area contributed by atoms with E-state index in [4.69, 9.17) is 14.7 Å². The third-order valence-corrected chi connectivity index (χ3v) is 3.41. The van der Waals surface area contributed by atoms with Crippen LogP contribution in [0.2, 0.25) is 0 Å². The standard InChI is InChI=1S/C18H13N3O4/c1-24-17(22)15-5-3-4-8-21(16(15)18(23)25-2)14-7-6-12(10-19)13(9-14)11-20/h3-9H,1-2H3. The third-order valence-electron chi connectivity index (χ3n) is 3.41. The monoisotopic (exact) mass is 335 g/mol. The highest BCUT2D eigenvalue weighted by atomic mass is 16.5.